The Labute approximate surface area is 188 Å². The highest BCUT2D eigenvalue weighted by molar-refractivity contribution is 6.50. The van der Waals surface area contributed by atoms with E-state index < -0.39 is 16.3 Å². The monoisotopic (exact) mass is 474 g/mol. The maximum absolute atomic E-state index is 12.3. The highest BCUT2D eigenvalue weighted by Gasteiger charge is 2.52. The number of nitrogens with one attached hydrogen (secondary N) is 2. The number of anilines is 1. The molecule has 9 heteroatoms. The standard InChI is InChI=1S/C20H18Cl4N2O3/c1-10-6-13(7-11(2)17(10)29-9-12-8-20(12,23)24)25-19(28)26-18(27)16-14(21)4-3-5-15(16)22/h3-7,12H,8-9H2,1-2H3,(H2,25,26,27,28). The molecule has 1 saturated carbocycles. The van der Waals surface area contributed by atoms with Crippen LogP contribution in [0.2, 0.25) is 10.0 Å². The maximum atomic E-state index is 12.3. The minimum atomic E-state index is -0.703. The van der Waals surface area contributed by atoms with Gasteiger partial charge in [0.15, 0.2) is 0 Å². The number of benzene rings is 2. The van der Waals surface area contributed by atoms with Crippen molar-refractivity contribution in [2.75, 3.05) is 11.9 Å². The van der Waals surface area contributed by atoms with E-state index in [-0.39, 0.29) is 21.5 Å². The molecule has 1 aliphatic carbocycles. The number of amides is 3. The minimum absolute atomic E-state index is 0.0387. The van der Waals surface area contributed by atoms with E-state index >= 15 is 0 Å². The predicted octanol–water partition coefficient (Wildman–Crippen LogP) is 6.14. The van der Waals surface area contributed by atoms with E-state index in [4.69, 9.17) is 51.1 Å². The van der Waals surface area contributed by atoms with Crippen molar-refractivity contribution in [1.29, 1.82) is 0 Å². The van der Waals surface area contributed by atoms with Crippen molar-refractivity contribution in [2.24, 2.45) is 5.92 Å². The van der Waals surface area contributed by atoms with E-state index in [2.05, 4.69) is 10.6 Å². The number of ether oxygens (including phenoxy) is 1. The highest BCUT2D eigenvalue weighted by Crippen LogP contribution is 2.53. The van der Waals surface area contributed by atoms with Crippen LogP contribution in [0.1, 0.15) is 27.9 Å². The van der Waals surface area contributed by atoms with Crippen LogP contribution in [0.25, 0.3) is 0 Å². The number of aryl methyl sites for hydroxylation is 2. The molecule has 0 spiro atoms. The first-order valence-corrected chi connectivity index (χ1v) is 10.3. The van der Waals surface area contributed by atoms with Crippen LogP contribution >= 0.6 is 46.4 Å². The maximum Gasteiger partial charge on any atom is 0.326 e. The van der Waals surface area contributed by atoms with Gasteiger partial charge >= 0.3 is 6.03 Å². The smallest absolute Gasteiger partial charge is 0.326 e. The summed E-state index contributed by atoms with van der Waals surface area (Å²) in [5.41, 5.74) is 2.21. The molecule has 0 bridgehead atoms. The number of hydrogen-bond donors (Lipinski definition) is 2. The summed E-state index contributed by atoms with van der Waals surface area (Å²) >= 11 is 24.0. The van der Waals surface area contributed by atoms with Crippen LogP contribution in [0.5, 0.6) is 5.75 Å². The van der Waals surface area contributed by atoms with E-state index in [1.807, 2.05) is 13.8 Å². The Hall–Kier alpha value is -1.66. The van der Waals surface area contributed by atoms with Crippen LogP contribution in [0, 0.1) is 19.8 Å². The molecular formula is C20H18Cl4N2O3. The van der Waals surface area contributed by atoms with Gasteiger partial charge in [-0.3, -0.25) is 10.1 Å². The first kappa shape index (κ1) is 22.0. The van der Waals surface area contributed by atoms with Gasteiger partial charge < -0.3 is 10.1 Å². The van der Waals surface area contributed by atoms with Crippen molar-refractivity contribution < 1.29 is 14.3 Å². The third-order valence-corrected chi connectivity index (χ3v) is 6.08. The van der Waals surface area contributed by atoms with Gasteiger partial charge in [0.1, 0.15) is 10.1 Å². The highest BCUT2D eigenvalue weighted by atomic mass is 35.5. The Balaban J connectivity index is 1.64. The van der Waals surface area contributed by atoms with Crippen LogP contribution in [0.4, 0.5) is 10.5 Å². The third kappa shape index (κ3) is 5.28. The van der Waals surface area contributed by atoms with Gasteiger partial charge in [0.2, 0.25) is 0 Å². The molecule has 5 nitrogen and oxygen atoms in total. The number of imide groups is 1. The molecule has 1 atom stereocenters. The van der Waals surface area contributed by atoms with E-state index in [0.29, 0.717) is 24.5 Å². The summed E-state index contributed by atoms with van der Waals surface area (Å²) < 4.78 is 5.16. The van der Waals surface area contributed by atoms with E-state index in [9.17, 15) is 9.59 Å². The zero-order valence-electron chi connectivity index (χ0n) is 15.6. The fourth-order valence-corrected chi connectivity index (χ4v) is 3.99. The number of rotatable bonds is 5. The SMILES string of the molecule is Cc1cc(NC(=O)NC(=O)c2c(Cl)cccc2Cl)cc(C)c1OCC1CC1(Cl)Cl. The second-order valence-electron chi connectivity index (χ2n) is 6.92. The zero-order valence-corrected chi connectivity index (χ0v) is 18.6. The summed E-state index contributed by atoms with van der Waals surface area (Å²) in [6, 6.07) is 7.44. The van der Waals surface area contributed by atoms with Gasteiger partial charge in [-0.2, -0.15) is 0 Å². The van der Waals surface area contributed by atoms with Gasteiger partial charge in [-0.15, -0.1) is 23.2 Å². The summed E-state index contributed by atoms with van der Waals surface area (Å²) in [4.78, 5) is 24.5. The lowest BCUT2D eigenvalue weighted by molar-refractivity contribution is 0.0967. The molecule has 2 aromatic rings. The molecule has 29 heavy (non-hydrogen) atoms. The van der Waals surface area contributed by atoms with Gasteiger partial charge in [-0.25, -0.2) is 4.79 Å². The summed E-state index contributed by atoms with van der Waals surface area (Å²) in [5, 5.41) is 5.16. The van der Waals surface area contributed by atoms with Gasteiger partial charge in [0, 0.05) is 11.6 Å². The summed E-state index contributed by atoms with van der Waals surface area (Å²) in [7, 11) is 0. The molecule has 0 aliphatic heterocycles. The van der Waals surface area contributed by atoms with E-state index in [1.54, 1.807) is 18.2 Å². The molecule has 2 aromatic carbocycles. The molecule has 0 heterocycles. The average Bonchev–Trinajstić information content (AvgIpc) is 3.20. The molecule has 2 N–H and O–H groups in total. The van der Waals surface area contributed by atoms with Crippen molar-refractivity contribution in [1.82, 2.24) is 5.32 Å². The van der Waals surface area contributed by atoms with Gasteiger partial charge in [-0.1, -0.05) is 29.3 Å². The second kappa shape index (κ2) is 8.60. The lowest BCUT2D eigenvalue weighted by Gasteiger charge is -2.15. The topological polar surface area (TPSA) is 67.4 Å². The lowest BCUT2D eigenvalue weighted by Crippen LogP contribution is -2.34. The molecule has 154 valence electrons. The van der Waals surface area contributed by atoms with Gasteiger partial charge in [-0.05, 0) is 55.7 Å². The van der Waals surface area contributed by atoms with Gasteiger partial charge in [0.25, 0.3) is 5.91 Å². The van der Waals surface area contributed by atoms with Gasteiger partial charge in [0.05, 0.1) is 22.2 Å². The molecular weight excluding hydrogens is 458 g/mol. The second-order valence-corrected chi connectivity index (χ2v) is 9.27. The van der Waals surface area contributed by atoms with E-state index in [1.165, 1.54) is 12.1 Å². The van der Waals surface area contributed by atoms with Crippen LogP contribution in [-0.4, -0.2) is 22.9 Å². The number of carbonyl (C=O) groups is 2. The Morgan fingerprint density at radius 2 is 1.69 bits per heavy atom. The number of hydrogen-bond acceptors (Lipinski definition) is 3. The van der Waals surface area contributed by atoms with Crippen LogP contribution in [-0.2, 0) is 0 Å². The predicted molar refractivity (Wildman–Crippen MR) is 117 cm³/mol. The van der Waals surface area contributed by atoms with E-state index in [0.717, 1.165) is 11.1 Å². The molecule has 1 unspecified atom stereocenters. The molecule has 0 aromatic heterocycles. The minimum Gasteiger partial charge on any atom is -0.493 e. The van der Waals surface area contributed by atoms with Crippen molar-refractivity contribution in [3.8, 4) is 5.75 Å². The summed E-state index contributed by atoms with van der Waals surface area (Å²) in [6.07, 6.45) is 0.706. The third-order valence-electron chi connectivity index (χ3n) is 4.52. The fourth-order valence-electron chi connectivity index (χ4n) is 2.93. The van der Waals surface area contributed by atoms with Crippen LogP contribution in [0.15, 0.2) is 30.3 Å². The number of carbonyl (C=O) groups excluding carboxylic acids is 2. The lowest BCUT2D eigenvalue weighted by atomic mass is 10.1. The summed E-state index contributed by atoms with van der Waals surface area (Å²) in [6.45, 7) is 4.15. The molecule has 0 saturated heterocycles. The Morgan fingerprint density at radius 3 is 2.21 bits per heavy atom. The first-order chi connectivity index (χ1) is 13.6. The summed E-state index contributed by atoms with van der Waals surface area (Å²) in [5.74, 6) is 0.128. The van der Waals surface area contributed by atoms with Crippen molar-refractivity contribution in [3.05, 3.63) is 57.1 Å². The number of halogens is 4. The Morgan fingerprint density at radius 1 is 1.14 bits per heavy atom. The quantitative estimate of drug-likeness (QED) is 0.510. The molecule has 3 rings (SSSR count). The molecule has 0 radical (unpaired) electrons. The number of alkyl halides is 2. The first-order valence-electron chi connectivity index (χ1n) is 8.76. The Bertz CT molecular complexity index is 935. The van der Waals surface area contributed by atoms with Crippen molar-refractivity contribution >= 4 is 64.0 Å². The zero-order chi connectivity index (χ0) is 21.3. The normalized spacial score (nSPS) is 16.8. The Kier molecular flexibility index (Phi) is 6.54. The molecule has 1 fully saturated rings. The molecule has 1 aliphatic rings. The average molecular weight is 476 g/mol. The molecule has 3 amide bonds. The van der Waals surface area contributed by atoms with Crippen LogP contribution < -0.4 is 15.4 Å². The van der Waals surface area contributed by atoms with Crippen LogP contribution in [0.3, 0.4) is 0 Å². The largest absolute Gasteiger partial charge is 0.493 e. The van der Waals surface area contributed by atoms with Crippen molar-refractivity contribution in [2.45, 2.75) is 24.6 Å². The number of urea groups is 1. The van der Waals surface area contributed by atoms with Crippen molar-refractivity contribution in [3.63, 3.8) is 0 Å². The fraction of sp³-hybridized carbons (Fsp3) is 0.300.